The van der Waals surface area contributed by atoms with Crippen LogP contribution in [0.4, 0.5) is 4.79 Å². The summed E-state index contributed by atoms with van der Waals surface area (Å²) >= 11 is 0. The zero-order chi connectivity index (χ0) is 20.0. The Kier molecular flexibility index (Phi) is 6.26. The fourth-order valence-corrected chi connectivity index (χ4v) is 2.31. The van der Waals surface area contributed by atoms with Gasteiger partial charge in [0, 0.05) is 18.2 Å². The van der Waals surface area contributed by atoms with Gasteiger partial charge in [-0.1, -0.05) is 12.1 Å². The maximum absolute atomic E-state index is 11.9. The lowest BCUT2D eigenvalue weighted by Gasteiger charge is -2.23. The highest BCUT2D eigenvalue weighted by molar-refractivity contribution is 5.92. The highest BCUT2D eigenvalue weighted by Crippen LogP contribution is 2.25. The van der Waals surface area contributed by atoms with E-state index in [1.807, 2.05) is 0 Å². The van der Waals surface area contributed by atoms with Gasteiger partial charge in [-0.15, -0.1) is 0 Å². The van der Waals surface area contributed by atoms with Gasteiger partial charge in [0.1, 0.15) is 6.04 Å². The minimum absolute atomic E-state index is 0.129. The molecule has 6 N–H and O–H groups in total. The third-order valence-corrected chi connectivity index (χ3v) is 3.72. The van der Waals surface area contributed by atoms with Gasteiger partial charge >= 0.3 is 12.1 Å². The highest BCUT2D eigenvalue weighted by Gasteiger charge is 2.22. The van der Waals surface area contributed by atoms with Crippen LogP contribution in [-0.4, -0.2) is 57.5 Å². The second-order valence-electron chi connectivity index (χ2n) is 5.77. The molecule has 0 fully saturated rings. The summed E-state index contributed by atoms with van der Waals surface area (Å²) in [6, 6.07) is 2.54. The maximum atomic E-state index is 11.9. The molecule has 10 heteroatoms. The van der Waals surface area contributed by atoms with Crippen molar-refractivity contribution in [3.05, 3.63) is 47.7 Å². The normalized spacial score (nSPS) is 14.2. The van der Waals surface area contributed by atoms with Crippen molar-refractivity contribution in [3.8, 4) is 11.5 Å². The Bertz CT molecular complexity index is 804. The number of carbonyl (C=O) groups excluding carboxylic acids is 2. The van der Waals surface area contributed by atoms with Crippen LogP contribution >= 0.6 is 0 Å². The van der Waals surface area contributed by atoms with Crippen LogP contribution < -0.4 is 11.1 Å². The van der Waals surface area contributed by atoms with Gasteiger partial charge in [-0.3, -0.25) is 4.79 Å². The number of hydrogen-bond donors (Lipinski definition) is 5. The number of carboxylic acids is 1. The second-order valence-corrected chi connectivity index (χ2v) is 5.77. The van der Waals surface area contributed by atoms with E-state index >= 15 is 0 Å². The van der Waals surface area contributed by atoms with Crippen molar-refractivity contribution in [2.45, 2.75) is 12.5 Å². The first-order valence-corrected chi connectivity index (χ1v) is 7.84. The number of ether oxygens (including phenoxy) is 1. The molecule has 0 aromatic heterocycles. The highest BCUT2D eigenvalue weighted by atomic mass is 16.6. The first-order valence-electron chi connectivity index (χ1n) is 7.84. The molecule has 0 bridgehead atoms. The van der Waals surface area contributed by atoms with Gasteiger partial charge in [-0.05, 0) is 23.8 Å². The third kappa shape index (κ3) is 5.66. The molecule has 1 aliphatic heterocycles. The molecule has 1 heterocycles. The number of hydrogen-bond acceptors (Lipinski definition) is 7. The first kappa shape index (κ1) is 19.6. The number of nitrogens with two attached hydrogens (primary N) is 1. The van der Waals surface area contributed by atoms with Gasteiger partial charge in [0.25, 0.3) is 0 Å². The summed E-state index contributed by atoms with van der Waals surface area (Å²) < 4.78 is 4.96. The lowest BCUT2D eigenvalue weighted by atomic mass is 10.1. The van der Waals surface area contributed by atoms with Crippen LogP contribution in [0.15, 0.2) is 42.1 Å². The molecule has 2 amide bonds. The van der Waals surface area contributed by atoms with Crippen LogP contribution in [0, 0.1) is 0 Å². The van der Waals surface area contributed by atoms with Gasteiger partial charge in [0.15, 0.2) is 18.2 Å². The zero-order valence-corrected chi connectivity index (χ0v) is 14.2. The number of benzene rings is 1. The second kappa shape index (κ2) is 8.61. The molecule has 27 heavy (non-hydrogen) atoms. The molecule has 2 rings (SSSR count). The Hall–Kier alpha value is -3.69. The van der Waals surface area contributed by atoms with Gasteiger partial charge in [-0.25, -0.2) is 9.59 Å². The number of aromatic hydroxyl groups is 2. The molecule has 0 spiro atoms. The number of aliphatic carboxylic acids is 1. The number of allylic oxidation sites excluding steroid dienone is 2. The van der Waals surface area contributed by atoms with Crippen molar-refractivity contribution in [1.29, 1.82) is 0 Å². The van der Waals surface area contributed by atoms with Crippen LogP contribution in [0.2, 0.25) is 0 Å². The van der Waals surface area contributed by atoms with Crippen LogP contribution in [0.1, 0.15) is 5.56 Å². The largest absolute Gasteiger partial charge is 0.504 e. The molecule has 144 valence electrons. The van der Waals surface area contributed by atoms with E-state index in [0.717, 1.165) is 0 Å². The quantitative estimate of drug-likeness (QED) is 0.415. The van der Waals surface area contributed by atoms with Crippen molar-refractivity contribution in [3.63, 3.8) is 0 Å². The molecule has 0 aliphatic carbocycles. The van der Waals surface area contributed by atoms with E-state index in [2.05, 4.69) is 5.32 Å². The number of nitrogens with one attached hydrogen (secondary N) is 1. The Labute approximate surface area is 154 Å². The number of nitrogens with zero attached hydrogens (tertiary/aromatic N) is 1. The van der Waals surface area contributed by atoms with Crippen LogP contribution in [0.5, 0.6) is 11.5 Å². The molecule has 1 aliphatic rings. The number of alkyl carbamates (subject to hydrolysis) is 1. The molecule has 0 saturated heterocycles. The van der Waals surface area contributed by atoms with Gasteiger partial charge in [-0.2, -0.15) is 0 Å². The van der Waals surface area contributed by atoms with E-state index in [4.69, 9.17) is 10.5 Å². The lowest BCUT2D eigenvalue weighted by Crippen LogP contribution is -2.43. The minimum atomic E-state index is -1.31. The Morgan fingerprint density at radius 2 is 2.00 bits per heavy atom. The molecular weight excluding hydrogens is 358 g/mol. The summed E-state index contributed by atoms with van der Waals surface area (Å²) in [4.78, 5) is 35.9. The predicted molar refractivity (Wildman–Crippen MR) is 92.5 cm³/mol. The summed E-state index contributed by atoms with van der Waals surface area (Å²) in [5.74, 6) is -2.61. The van der Waals surface area contributed by atoms with Crippen molar-refractivity contribution >= 4 is 18.0 Å². The number of phenolic OH excluding ortho intramolecular Hbond substituents is 2. The van der Waals surface area contributed by atoms with Crippen LogP contribution in [0.3, 0.4) is 0 Å². The van der Waals surface area contributed by atoms with E-state index in [1.165, 1.54) is 23.1 Å². The summed E-state index contributed by atoms with van der Waals surface area (Å²) in [5, 5.41) is 30.2. The number of amides is 2. The van der Waals surface area contributed by atoms with E-state index < -0.39 is 29.8 Å². The van der Waals surface area contributed by atoms with E-state index in [-0.39, 0.29) is 25.4 Å². The van der Waals surface area contributed by atoms with E-state index in [9.17, 15) is 29.7 Å². The van der Waals surface area contributed by atoms with Crippen LogP contribution in [-0.2, 0) is 20.7 Å². The topological polar surface area (TPSA) is 162 Å². The number of primary amides is 1. The Morgan fingerprint density at radius 1 is 1.26 bits per heavy atom. The zero-order valence-electron chi connectivity index (χ0n) is 14.2. The smallest absolute Gasteiger partial charge is 0.409 e. The number of carboxylic acid groups (broad SMARTS) is 1. The third-order valence-electron chi connectivity index (χ3n) is 3.72. The number of rotatable bonds is 7. The molecule has 0 radical (unpaired) electrons. The van der Waals surface area contributed by atoms with Crippen molar-refractivity contribution in [1.82, 2.24) is 10.2 Å². The minimum Gasteiger partial charge on any atom is -0.504 e. The van der Waals surface area contributed by atoms with Gasteiger partial charge in [0.05, 0.1) is 6.54 Å². The predicted octanol–water partition coefficient (Wildman–Crippen LogP) is 0.0182. The fraction of sp³-hybridized carbons (Fsp3) is 0.235. The monoisotopic (exact) mass is 377 g/mol. The molecular formula is C17H19N3O7. The summed E-state index contributed by atoms with van der Waals surface area (Å²) in [7, 11) is 0. The van der Waals surface area contributed by atoms with Gasteiger partial charge < -0.3 is 36.0 Å². The molecule has 1 aromatic rings. The molecule has 0 saturated carbocycles. The molecule has 10 nitrogen and oxygen atoms in total. The molecule has 1 unspecified atom stereocenters. The Balaban J connectivity index is 1.88. The van der Waals surface area contributed by atoms with Crippen molar-refractivity contribution in [2.24, 2.45) is 5.73 Å². The number of phenols is 2. The Morgan fingerprint density at radius 3 is 2.63 bits per heavy atom. The standard InChI is InChI=1S/C17H19N3O7/c18-15(23)11-2-1-5-20(8-11)9-27-17(26)19-12(16(24)25)6-10-3-4-13(21)14(22)7-10/h1-5,7,12,21-22H,6,8-9H2,(H2,18,23)(H,19,26)(H,24,25). The van der Waals surface area contributed by atoms with Gasteiger partial charge in [0.2, 0.25) is 5.91 Å². The summed E-state index contributed by atoms with van der Waals surface area (Å²) in [6.07, 6.45) is 3.62. The molecule has 1 aromatic carbocycles. The first-order chi connectivity index (χ1) is 12.8. The average Bonchev–Trinajstić information content (AvgIpc) is 2.62. The maximum Gasteiger partial charge on any atom is 0.409 e. The summed E-state index contributed by atoms with van der Waals surface area (Å²) in [5.41, 5.74) is 5.93. The SMILES string of the molecule is NC(=O)C1=CC=CN(COC(=O)NC(Cc2ccc(O)c(O)c2)C(=O)O)C1. The average molecular weight is 377 g/mol. The van der Waals surface area contributed by atoms with Crippen LogP contribution in [0.25, 0.3) is 0 Å². The lowest BCUT2D eigenvalue weighted by molar-refractivity contribution is -0.139. The number of carbonyl (C=O) groups is 3. The summed E-state index contributed by atoms with van der Waals surface area (Å²) in [6.45, 7) is -0.0481. The fourth-order valence-electron chi connectivity index (χ4n) is 2.31. The van der Waals surface area contributed by atoms with Crippen molar-refractivity contribution in [2.75, 3.05) is 13.3 Å². The van der Waals surface area contributed by atoms with E-state index in [0.29, 0.717) is 11.1 Å². The molecule has 1 atom stereocenters. The van der Waals surface area contributed by atoms with E-state index in [1.54, 1.807) is 18.4 Å². The van der Waals surface area contributed by atoms with Crippen molar-refractivity contribution < 1.29 is 34.4 Å².